The Balaban J connectivity index is 2.08. The number of hydrogen-bond acceptors (Lipinski definition) is 3. The van der Waals surface area contributed by atoms with Crippen molar-refractivity contribution in [3.8, 4) is 22.5 Å². The maximum absolute atomic E-state index is 6.00. The number of hydrogen-bond donors (Lipinski definition) is 3. The number of benzene rings is 1. The van der Waals surface area contributed by atoms with Crippen molar-refractivity contribution in [2.75, 3.05) is 5.73 Å². The molecule has 0 aliphatic rings. The normalized spacial score (nSPS) is 11.2. The molecule has 5 nitrogen and oxygen atoms in total. The molecule has 5 heteroatoms. The maximum Gasteiger partial charge on any atom is 0.153 e. The highest BCUT2D eigenvalue weighted by Crippen LogP contribution is 2.34. The van der Waals surface area contributed by atoms with Crippen molar-refractivity contribution in [2.45, 2.75) is 19.8 Å². The molecule has 0 saturated carbocycles. The van der Waals surface area contributed by atoms with Gasteiger partial charge >= 0.3 is 0 Å². The van der Waals surface area contributed by atoms with Gasteiger partial charge in [0.15, 0.2) is 5.82 Å². The van der Waals surface area contributed by atoms with E-state index in [-0.39, 0.29) is 0 Å². The van der Waals surface area contributed by atoms with Gasteiger partial charge in [0.25, 0.3) is 0 Å². The minimum atomic E-state index is 0.492. The first-order valence-corrected chi connectivity index (χ1v) is 6.60. The van der Waals surface area contributed by atoms with Crippen LogP contribution in [0.3, 0.4) is 0 Å². The van der Waals surface area contributed by atoms with E-state index >= 15 is 0 Å². The summed E-state index contributed by atoms with van der Waals surface area (Å²) in [6, 6.07) is 10.3. The fourth-order valence-electron chi connectivity index (χ4n) is 2.27. The summed E-state index contributed by atoms with van der Waals surface area (Å²) in [5.74, 6) is 1.00. The third-order valence-electron chi connectivity index (χ3n) is 3.43. The fourth-order valence-corrected chi connectivity index (χ4v) is 2.27. The molecule has 2 aromatic heterocycles. The van der Waals surface area contributed by atoms with E-state index in [2.05, 4.69) is 58.5 Å². The highest BCUT2D eigenvalue weighted by atomic mass is 15.2. The van der Waals surface area contributed by atoms with E-state index in [9.17, 15) is 0 Å². The molecule has 0 atom stereocenters. The summed E-state index contributed by atoms with van der Waals surface area (Å²) in [6.45, 7) is 4.36. The zero-order valence-electron chi connectivity index (χ0n) is 11.5. The molecule has 4 N–H and O–H groups in total. The topological polar surface area (TPSA) is 83.4 Å². The van der Waals surface area contributed by atoms with Crippen LogP contribution in [0.15, 0.2) is 36.5 Å². The molecular formula is C15H17N5. The predicted molar refractivity (Wildman–Crippen MR) is 80.1 cm³/mol. The Morgan fingerprint density at radius 2 is 1.80 bits per heavy atom. The molecule has 3 rings (SSSR count). The maximum atomic E-state index is 6.00. The van der Waals surface area contributed by atoms with Crippen molar-refractivity contribution in [2.24, 2.45) is 0 Å². The van der Waals surface area contributed by atoms with Crippen LogP contribution in [0.25, 0.3) is 22.5 Å². The molecule has 0 aliphatic carbocycles. The van der Waals surface area contributed by atoms with E-state index in [0.29, 0.717) is 11.7 Å². The summed E-state index contributed by atoms with van der Waals surface area (Å²) in [5.41, 5.74) is 11.0. The van der Waals surface area contributed by atoms with Crippen molar-refractivity contribution in [1.82, 2.24) is 20.4 Å². The predicted octanol–water partition coefficient (Wildman–Crippen LogP) is 3.17. The third kappa shape index (κ3) is 2.07. The first-order chi connectivity index (χ1) is 9.66. The summed E-state index contributed by atoms with van der Waals surface area (Å²) >= 11 is 0. The second-order valence-electron chi connectivity index (χ2n) is 5.11. The number of anilines is 1. The van der Waals surface area contributed by atoms with Crippen LogP contribution >= 0.6 is 0 Å². The van der Waals surface area contributed by atoms with E-state index in [0.717, 1.165) is 22.5 Å². The number of H-pyrrole nitrogens is 2. The number of rotatable bonds is 3. The molecule has 2 heterocycles. The zero-order valence-corrected chi connectivity index (χ0v) is 11.5. The van der Waals surface area contributed by atoms with Crippen molar-refractivity contribution in [1.29, 1.82) is 0 Å². The molecule has 0 fully saturated rings. The number of nitrogens with zero attached hydrogens (tertiary/aromatic N) is 2. The van der Waals surface area contributed by atoms with Gasteiger partial charge in [-0.15, -0.1) is 0 Å². The molecule has 0 bridgehead atoms. The van der Waals surface area contributed by atoms with Crippen LogP contribution in [-0.4, -0.2) is 20.4 Å². The highest BCUT2D eigenvalue weighted by Gasteiger charge is 2.15. The molecule has 0 saturated heterocycles. The van der Waals surface area contributed by atoms with E-state index in [1.807, 2.05) is 6.07 Å². The smallest absolute Gasteiger partial charge is 0.153 e. The van der Waals surface area contributed by atoms with Gasteiger partial charge in [0, 0.05) is 6.20 Å². The van der Waals surface area contributed by atoms with E-state index in [1.165, 1.54) is 5.56 Å². The molecule has 0 amide bonds. The van der Waals surface area contributed by atoms with Crippen LogP contribution in [0.4, 0.5) is 5.82 Å². The lowest BCUT2D eigenvalue weighted by Crippen LogP contribution is -1.91. The van der Waals surface area contributed by atoms with Crippen LogP contribution in [-0.2, 0) is 0 Å². The van der Waals surface area contributed by atoms with E-state index in [1.54, 1.807) is 6.20 Å². The standard InChI is InChI=1S/C15H17N5/c1-9(2)10-3-5-11(6-4-10)13-14(19-20-15(13)16)12-7-8-17-18-12/h3-9H,1-2H3,(H,17,18)(H3,16,19,20). The molecule has 0 aliphatic heterocycles. The van der Waals surface area contributed by atoms with Crippen LogP contribution in [0.1, 0.15) is 25.3 Å². The molecule has 0 unspecified atom stereocenters. The van der Waals surface area contributed by atoms with Crippen molar-refractivity contribution in [3.63, 3.8) is 0 Å². The Morgan fingerprint density at radius 3 is 2.40 bits per heavy atom. The van der Waals surface area contributed by atoms with Crippen molar-refractivity contribution in [3.05, 3.63) is 42.1 Å². The van der Waals surface area contributed by atoms with Gasteiger partial charge in [0.05, 0.1) is 17.0 Å². The molecule has 0 spiro atoms. The average Bonchev–Trinajstić information content (AvgIpc) is 3.07. The molecule has 3 aromatic rings. The molecule has 20 heavy (non-hydrogen) atoms. The van der Waals surface area contributed by atoms with Gasteiger partial charge in [-0.2, -0.15) is 10.2 Å². The van der Waals surface area contributed by atoms with Gasteiger partial charge in [0.2, 0.25) is 0 Å². The zero-order chi connectivity index (χ0) is 14.1. The minimum Gasteiger partial charge on any atom is -0.382 e. The van der Waals surface area contributed by atoms with E-state index in [4.69, 9.17) is 5.73 Å². The molecule has 1 aromatic carbocycles. The van der Waals surface area contributed by atoms with Gasteiger partial charge in [-0.25, -0.2) is 0 Å². The van der Waals surface area contributed by atoms with Crippen LogP contribution in [0.5, 0.6) is 0 Å². The molecular weight excluding hydrogens is 250 g/mol. The Morgan fingerprint density at radius 1 is 1.05 bits per heavy atom. The Hall–Kier alpha value is -2.56. The quantitative estimate of drug-likeness (QED) is 0.681. The fraction of sp³-hybridized carbons (Fsp3) is 0.200. The summed E-state index contributed by atoms with van der Waals surface area (Å²) in [5, 5.41) is 14.0. The van der Waals surface area contributed by atoms with Gasteiger partial charge < -0.3 is 5.73 Å². The summed E-state index contributed by atoms with van der Waals surface area (Å²) < 4.78 is 0. The second kappa shape index (κ2) is 4.85. The molecule has 0 radical (unpaired) electrons. The number of nitrogens with one attached hydrogen (secondary N) is 2. The van der Waals surface area contributed by atoms with Gasteiger partial charge in [-0.05, 0) is 23.1 Å². The number of nitrogens with two attached hydrogens (primary N) is 1. The van der Waals surface area contributed by atoms with Gasteiger partial charge in [-0.1, -0.05) is 38.1 Å². The van der Waals surface area contributed by atoms with Crippen LogP contribution < -0.4 is 5.73 Å². The van der Waals surface area contributed by atoms with Crippen molar-refractivity contribution < 1.29 is 0 Å². The van der Waals surface area contributed by atoms with Crippen molar-refractivity contribution >= 4 is 5.82 Å². The Kier molecular flexibility index (Phi) is 3.02. The largest absolute Gasteiger partial charge is 0.382 e. The van der Waals surface area contributed by atoms with E-state index < -0.39 is 0 Å². The number of aromatic nitrogens is 4. The lowest BCUT2D eigenvalue weighted by Gasteiger charge is -2.07. The van der Waals surface area contributed by atoms with Crippen LogP contribution in [0, 0.1) is 0 Å². The average molecular weight is 267 g/mol. The first kappa shape index (κ1) is 12.5. The monoisotopic (exact) mass is 267 g/mol. The number of nitrogen functional groups attached to an aromatic ring is 1. The third-order valence-corrected chi connectivity index (χ3v) is 3.43. The molecule has 102 valence electrons. The lowest BCUT2D eigenvalue weighted by atomic mass is 9.98. The summed E-state index contributed by atoms with van der Waals surface area (Å²) in [4.78, 5) is 0. The Bertz CT molecular complexity index is 692. The van der Waals surface area contributed by atoms with Gasteiger partial charge in [-0.3, -0.25) is 10.2 Å². The highest BCUT2D eigenvalue weighted by molar-refractivity contribution is 5.86. The minimum absolute atomic E-state index is 0.492. The second-order valence-corrected chi connectivity index (χ2v) is 5.11. The van der Waals surface area contributed by atoms with Gasteiger partial charge in [0.1, 0.15) is 0 Å². The summed E-state index contributed by atoms with van der Waals surface area (Å²) in [6.07, 6.45) is 1.71. The first-order valence-electron chi connectivity index (χ1n) is 6.60. The van der Waals surface area contributed by atoms with Crippen LogP contribution in [0.2, 0.25) is 0 Å². The SMILES string of the molecule is CC(C)c1ccc(-c2c(N)n[nH]c2-c2ccn[nH]2)cc1. The lowest BCUT2D eigenvalue weighted by molar-refractivity contribution is 0.867. The Labute approximate surface area is 117 Å². The summed E-state index contributed by atoms with van der Waals surface area (Å²) in [7, 11) is 0. The number of aromatic amines is 2.